The molecule has 4 nitrogen and oxygen atoms in total. The van der Waals surface area contributed by atoms with Crippen LogP contribution in [0.1, 0.15) is 18.9 Å². The first kappa shape index (κ1) is 18.4. The number of benzene rings is 1. The van der Waals surface area contributed by atoms with Crippen LogP contribution in [0.25, 0.3) is 0 Å². The predicted octanol–water partition coefficient (Wildman–Crippen LogP) is 1.59. The monoisotopic (exact) mass is 278 g/mol. The number of likely N-dealkylation sites (N-methyl/N-ethyl adjacent to an activating group) is 1. The third kappa shape index (κ3) is 5.99. The SMILES string of the molecule is C=CCC(N)C(=O)N(C)C(C)Cc1ccccc1.CO. The number of hydrogen-bond acceptors (Lipinski definition) is 3. The molecule has 1 aromatic carbocycles. The molecule has 0 aromatic heterocycles. The lowest BCUT2D eigenvalue weighted by Gasteiger charge is -2.27. The van der Waals surface area contributed by atoms with Gasteiger partial charge in [0.05, 0.1) is 6.04 Å². The molecule has 0 aliphatic rings. The van der Waals surface area contributed by atoms with E-state index >= 15 is 0 Å². The van der Waals surface area contributed by atoms with Crippen LogP contribution in [0.15, 0.2) is 43.0 Å². The molecule has 1 rings (SSSR count). The largest absolute Gasteiger partial charge is 0.400 e. The van der Waals surface area contributed by atoms with E-state index < -0.39 is 6.04 Å². The lowest BCUT2D eigenvalue weighted by atomic mass is 10.1. The Bertz CT molecular complexity index is 393. The molecular formula is C16H26N2O2. The van der Waals surface area contributed by atoms with Gasteiger partial charge < -0.3 is 15.7 Å². The number of nitrogens with zero attached hydrogens (tertiary/aromatic N) is 1. The van der Waals surface area contributed by atoms with Gasteiger partial charge in [0, 0.05) is 20.2 Å². The molecule has 0 aliphatic carbocycles. The van der Waals surface area contributed by atoms with Crippen LogP contribution in [0.5, 0.6) is 0 Å². The van der Waals surface area contributed by atoms with Gasteiger partial charge in [-0.1, -0.05) is 36.4 Å². The number of rotatable bonds is 6. The van der Waals surface area contributed by atoms with E-state index in [9.17, 15) is 4.79 Å². The second-order valence-electron chi connectivity index (χ2n) is 4.62. The number of carbonyl (C=O) groups is 1. The quantitative estimate of drug-likeness (QED) is 0.777. The summed E-state index contributed by atoms with van der Waals surface area (Å²) >= 11 is 0. The van der Waals surface area contributed by atoms with Crippen LogP contribution in [0.3, 0.4) is 0 Å². The zero-order valence-corrected chi connectivity index (χ0v) is 12.6. The molecule has 0 aliphatic heterocycles. The van der Waals surface area contributed by atoms with Gasteiger partial charge in [0.2, 0.25) is 5.91 Å². The highest BCUT2D eigenvalue weighted by molar-refractivity contribution is 5.81. The lowest BCUT2D eigenvalue weighted by Crippen LogP contribution is -2.46. The molecule has 4 heteroatoms. The van der Waals surface area contributed by atoms with Crippen molar-refractivity contribution in [2.75, 3.05) is 14.2 Å². The smallest absolute Gasteiger partial charge is 0.239 e. The molecule has 1 aromatic rings. The van der Waals surface area contributed by atoms with Gasteiger partial charge in [-0.25, -0.2) is 0 Å². The van der Waals surface area contributed by atoms with Crippen molar-refractivity contribution in [2.45, 2.75) is 31.8 Å². The Labute approximate surface area is 121 Å². The Balaban J connectivity index is 0.00000172. The van der Waals surface area contributed by atoms with E-state index in [1.165, 1.54) is 5.56 Å². The highest BCUT2D eigenvalue weighted by Crippen LogP contribution is 2.09. The first-order valence-electron chi connectivity index (χ1n) is 6.68. The van der Waals surface area contributed by atoms with E-state index in [2.05, 4.69) is 18.7 Å². The van der Waals surface area contributed by atoms with Gasteiger partial charge in [-0.3, -0.25) is 4.79 Å². The van der Waals surface area contributed by atoms with E-state index in [4.69, 9.17) is 10.8 Å². The molecular weight excluding hydrogens is 252 g/mol. The van der Waals surface area contributed by atoms with Gasteiger partial charge >= 0.3 is 0 Å². The summed E-state index contributed by atoms with van der Waals surface area (Å²) < 4.78 is 0. The van der Waals surface area contributed by atoms with Crippen LogP contribution in [-0.4, -0.2) is 42.2 Å². The molecule has 0 heterocycles. The summed E-state index contributed by atoms with van der Waals surface area (Å²) in [5, 5.41) is 7.00. The van der Waals surface area contributed by atoms with Crippen LogP contribution in [0.4, 0.5) is 0 Å². The molecule has 3 N–H and O–H groups in total. The predicted molar refractivity (Wildman–Crippen MR) is 83.3 cm³/mol. The van der Waals surface area contributed by atoms with Crippen LogP contribution in [0.2, 0.25) is 0 Å². The highest BCUT2D eigenvalue weighted by atomic mass is 16.2. The zero-order chi connectivity index (χ0) is 15.5. The average Bonchev–Trinajstić information content (AvgIpc) is 2.49. The maximum Gasteiger partial charge on any atom is 0.239 e. The van der Waals surface area contributed by atoms with Crippen molar-refractivity contribution in [1.82, 2.24) is 4.90 Å². The first-order valence-corrected chi connectivity index (χ1v) is 6.68. The van der Waals surface area contributed by atoms with Crippen LogP contribution in [-0.2, 0) is 11.2 Å². The molecule has 0 radical (unpaired) electrons. The van der Waals surface area contributed by atoms with Crippen LogP contribution >= 0.6 is 0 Å². The minimum absolute atomic E-state index is 0.0293. The Morgan fingerprint density at radius 1 is 1.40 bits per heavy atom. The van der Waals surface area contributed by atoms with Crippen molar-refractivity contribution in [3.8, 4) is 0 Å². The summed E-state index contributed by atoms with van der Waals surface area (Å²) in [5.41, 5.74) is 7.02. The van der Waals surface area contributed by atoms with Gasteiger partial charge in [-0.15, -0.1) is 6.58 Å². The third-order valence-electron chi connectivity index (χ3n) is 3.12. The summed E-state index contributed by atoms with van der Waals surface area (Å²) in [4.78, 5) is 13.7. The molecule has 2 atom stereocenters. The first-order chi connectivity index (χ1) is 9.56. The molecule has 0 fully saturated rings. The molecule has 112 valence electrons. The van der Waals surface area contributed by atoms with Crippen LogP contribution < -0.4 is 5.73 Å². The number of aliphatic hydroxyl groups is 1. The number of amides is 1. The zero-order valence-electron chi connectivity index (χ0n) is 12.6. The fourth-order valence-electron chi connectivity index (χ4n) is 1.85. The number of nitrogens with two attached hydrogens (primary N) is 1. The van der Waals surface area contributed by atoms with Crippen LogP contribution in [0, 0.1) is 0 Å². The van der Waals surface area contributed by atoms with E-state index in [1.54, 1.807) is 18.0 Å². The van der Waals surface area contributed by atoms with Gasteiger partial charge in [-0.05, 0) is 25.3 Å². The van der Waals surface area contributed by atoms with Gasteiger partial charge in [-0.2, -0.15) is 0 Å². The van der Waals surface area contributed by atoms with Gasteiger partial charge in [0.15, 0.2) is 0 Å². The Hall–Kier alpha value is -1.65. The van der Waals surface area contributed by atoms with E-state index in [-0.39, 0.29) is 11.9 Å². The van der Waals surface area contributed by atoms with Gasteiger partial charge in [0.25, 0.3) is 0 Å². The van der Waals surface area contributed by atoms with E-state index in [0.717, 1.165) is 13.5 Å². The molecule has 0 saturated heterocycles. The summed E-state index contributed by atoms with van der Waals surface area (Å²) in [6.45, 7) is 5.64. The summed E-state index contributed by atoms with van der Waals surface area (Å²) in [7, 11) is 2.80. The van der Waals surface area contributed by atoms with Crippen molar-refractivity contribution in [3.63, 3.8) is 0 Å². The molecule has 0 spiro atoms. The van der Waals surface area contributed by atoms with E-state index in [1.807, 2.05) is 25.1 Å². The minimum atomic E-state index is -0.481. The topological polar surface area (TPSA) is 66.6 Å². The number of hydrogen-bond donors (Lipinski definition) is 2. The minimum Gasteiger partial charge on any atom is -0.400 e. The van der Waals surface area contributed by atoms with Crippen molar-refractivity contribution < 1.29 is 9.90 Å². The molecule has 0 bridgehead atoms. The molecule has 0 saturated carbocycles. The second kappa shape index (κ2) is 10.2. The fraction of sp³-hybridized carbons (Fsp3) is 0.438. The molecule has 2 unspecified atom stereocenters. The van der Waals surface area contributed by atoms with Crippen molar-refractivity contribution in [2.24, 2.45) is 5.73 Å². The molecule has 1 amide bonds. The third-order valence-corrected chi connectivity index (χ3v) is 3.12. The lowest BCUT2D eigenvalue weighted by molar-refractivity contribution is -0.132. The maximum atomic E-state index is 12.0. The molecule has 20 heavy (non-hydrogen) atoms. The van der Waals surface area contributed by atoms with E-state index in [0.29, 0.717) is 6.42 Å². The van der Waals surface area contributed by atoms with Crippen molar-refractivity contribution in [3.05, 3.63) is 48.6 Å². The van der Waals surface area contributed by atoms with Crippen molar-refractivity contribution >= 4 is 5.91 Å². The highest BCUT2D eigenvalue weighted by Gasteiger charge is 2.21. The van der Waals surface area contributed by atoms with Crippen molar-refractivity contribution in [1.29, 1.82) is 0 Å². The average molecular weight is 278 g/mol. The Kier molecular flexibility index (Phi) is 9.34. The second-order valence-corrected chi connectivity index (χ2v) is 4.62. The standard InChI is InChI=1S/C15H22N2O.CH4O/c1-4-8-14(16)15(18)17(3)12(2)11-13-9-6-5-7-10-13;1-2/h4-7,9-10,12,14H,1,8,11,16H2,2-3H3;2H,1H3. The Morgan fingerprint density at radius 3 is 2.45 bits per heavy atom. The number of aliphatic hydroxyl groups excluding tert-OH is 1. The number of carbonyl (C=O) groups excluding carboxylic acids is 1. The summed E-state index contributed by atoms with van der Waals surface area (Å²) in [5.74, 6) is -0.0293. The fourth-order valence-corrected chi connectivity index (χ4v) is 1.85. The summed E-state index contributed by atoms with van der Waals surface area (Å²) in [6, 6.07) is 9.79. The normalized spacial score (nSPS) is 12.7. The summed E-state index contributed by atoms with van der Waals surface area (Å²) in [6.07, 6.45) is 3.03. The maximum absolute atomic E-state index is 12.0. The van der Waals surface area contributed by atoms with Gasteiger partial charge in [0.1, 0.15) is 0 Å². The Morgan fingerprint density at radius 2 is 1.95 bits per heavy atom.